The van der Waals surface area contributed by atoms with Gasteiger partial charge >= 0.3 is 0 Å². The third-order valence-corrected chi connectivity index (χ3v) is 2.37. The molecule has 2 heteroatoms. The van der Waals surface area contributed by atoms with Crippen LogP contribution in [0.15, 0.2) is 51.9 Å². The van der Waals surface area contributed by atoms with Gasteiger partial charge in [0.2, 0.25) is 5.55 Å². The van der Waals surface area contributed by atoms with Gasteiger partial charge in [-0.25, -0.2) is 4.99 Å². The van der Waals surface area contributed by atoms with Gasteiger partial charge in [0.15, 0.2) is 0 Å². The molecule has 0 spiro atoms. The molecule has 0 atom stereocenters. The molecule has 2 rings (SSSR count). The van der Waals surface area contributed by atoms with Gasteiger partial charge < -0.3 is 4.42 Å². The highest BCUT2D eigenvalue weighted by Gasteiger charge is 2.01. The Kier molecular flexibility index (Phi) is 3.43. The lowest BCUT2D eigenvalue weighted by Gasteiger charge is -2.03. The van der Waals surface area contributed by atoms with Gasteiger partial charge in [-0.05, 0) is 32.4 Å². The zero-order chi connectivity index (χ0) is 12.3. The first-order valence-electron chi connectivity index (χ1n) is 5.86. The Morgan fingerprint density at radius 1 is 1.06 bits per heavy atom. The maximum Gasteiger partial charge on any atom is 0.215 e. The van der Waals surface area contributed by atoms with Gasteiger partial charge in [0, 0.05) is 17.7 Å². The van der Waals surface area contributed by atoms with Crippen LogP contribution in [0.25, 0.3) is 11.3 Å². The highest BCUT2D eigenvalue weighted by atomic mass is 16.3. The summed E-state index contributed by atoms with van der Waals surface area (Å²) in [6, 6.07) is 14.3. The van der Waals surface area contributed by atoms with E-state index in [4.69, 9.17) is 4.42 Å². The maximum atomic E-state index is 5.79. The van der Waals surface area contributed by atoms with E-state index in [0.717, 1.165) is 16.9 Å². The molecule has 1 aromatic carbocycles. The lowest BCUT2D eigenvalue weighted by Crippen LogP contribution is -2.06. The van der Waals surface area contributed by atoms with Crippen LogP contribution in [-0.2, 0) is 0 Å². The van der Waals surface area contributed by atoms with Crippen molar-refractivity contribution in [2.45, 2.75) is 26.8 Å². The summed E-state index contributed by atoms with van der Waals surface area (Å²) in [5.41, 5.74) is 2.93. The molecule has 2 aromatic rings. The predicted octanol–water partition coefficient (Wildman–Crippen LogP) is 3.56. The van der Waals surface area contributed by atoms with Crippen LogP contribution in [0, 0.1) is 6.92 Å². The standard InChI is InChI=1S/C15H17NO/c1-11(2)16-15-10-12(3)9-14(17-15)13-7-5-4-6-8-13/h4-11H,1-3H3. The number of hydrogen-bond donors (Lipinski definition) is 0. The van der Waals surface area contributed by atoms with E-state index < -0.39 is 0 Å². The van der Waals surface area contributed by atoms with Gasteiger partial charge in [0.05, 0.1) is 0 Å². The summed E-state index contributed by atoms with van der Waals surface area (Å²) in [7, 11) is 0. The first kappa shape index (κ1) is 11.6. The molecule has 88 valence electrons. The average molecular weight is 227 g/mol. The van der Waals surface area contributed by atoms with E-state index in [-0.39, 0.29) is 6.04 Å². The summed E-state index contributed by atoms with van der Waals surface area (Å²) in [4.78, 5) is 4.44. The van der Waals surface area contributed by atoms with Crippen molar-refractivity contribution in [1.29, 1.82) is 0 Å². The van der Waals surface area contributed by atoms with Crippen molar-refractivity contribution >= 4 is 0 Å². The second kappa shape index (κ2) is 5.00. The van der Waals surface area contributed by atoms with Gasteiger partial charge in [0.25, 0.3) is 0 Å². The van der Waals surface area contributed by atoms with Crippen molar-refractivity contribution in [3.8, 4) is 11.3 Å². The molecule has 0 radical (unpaired) electrons. The van der Waals surface area contributed by atoms with E-state index in [2.05, 4.69) is 11.9 Å². The van der Waals surface area contributed by atoms with E-state index in [1.807, 2.05) is 56.3 Å². The Morgan fingerprint density at radius 2 is 1.76 bits per heavy atom. The van der Waals surface area contributed by atoms with Crippen LogP contribution in [0.2, 0.25) is 0 Å². The molecule has 0 bridgehead atoms. The van der Waals surface area contributed by atoms with E-state index >= 15 is 0 Å². The van der Waals surface area contributed by atoms with Crippen molar-refractivity contribution in [3.63, 3.8) is 0 Å². The summed E-state index contributed by atoms with van der Waals surface area (Å²) in [6.45, 7) is 6.14. The van der Waals surface area contributed by atoms with Crippen LogP contribution in [0.3, 0.4) is 0 Å². The third-order valence-electron chi connectivity index (χ3n) is 2.37. The van der Waals surface area contributed by atoms with Gasteiger partial charge in [-0.2, -0.15) is 0 Å². The normalized spacial score (nSPS) is 12.1. The largest absolute Gasteiger partial charge is 0.439 e. The molecule has 2 nitrogen and oxygen atoms in total. The number of aryl methyl sites for hydroxylation is 1. The highest BCUT2D eigenvalue weighted by Crippen LogP contribution is 2.17. The smallest absolute Gasteiger partial charge is 0.215 e. The molecule has 0 N–H and O–H groups in total. The SMILES string of the molecule is Cc1cc(-c2ccccc2)oc(=NC(C)C)c1. The minimum atomic E-state index is 0.240. The quantitative estimate of drug-likeness (QED) is 0.770. The molecule has 0 saturated carbocycles. The molecule has 0 saturated heterocycles. The second-order valence-corrected chi connectivity index (χ2v) is 4.43. The number of nitrogens with zero attached hydrogens (tertiary/aromatic N) is 1. The van der Waals surface area contributed by atoms with Gasteiger partial charge in [-0.3, -0.25) is 0 Å². The number of hydrogen-bond acceptors (Lipinski definition) is 2. The summed E-state index contributed by atoms with van der Waals surface area (Å²) >= 11 is 0. The van der Waals surface area contributed by atoms with E-state index in [9.17, 15) is 0 Å². The van der Waals surface area contributed by atoms with E-state index in [0.29, 0.717) is 5.55 Å². The van der Waals surface area contributed by atoms with Crippen molar-refractivity contribution in [2.24, 2.45) is 4.99 Å². The summed E-state index contributed by atoms with van der Waals surface area (Å²) in [5.74, 6) is 0.866. The van der Waals surface area contributed by atoms with Gasteiger partial charge in [-0.1, -0.05) is 30.3 Å². The summed E-state index contributed by atoms with van der Waals surface area (Å²) in [6.07, 6.45) is 0. The van der Waals surface area contributed by atoms with Crippen LogP contribution in [0.4, 0.5) is 0 Å². The molecule has 1 aromatic heterocycles. The average Bonchev–Trinajstić information content (AvgIpc) is 2.28. The fourth-order valence-corrected chi connectivity index (χ4v) is 1.68. The van der Waals surface area contributed by atoms with Crippen molar-refractivity contribution < 1.29 is 4.42 Å². The molecule has 0 unspecified atom stereocenters. The lowest BCUT2D eigenvalue weighted by molar-refractivity contribution is 0.493. The minimum absolute atomic E-state index is 0.240. The van der Waals surface area contributed by atoms with Crippen molar-refractivity contribution in [2.75, 3.05) is 0 Å². The third kappa shape index (κ3) is 3.06. The summed E-state index contributed by atoms with van der Waals surface area (Å²) in [5, 5.41) is 0. The molecule has 0 aliphatic heterocycles. The van der Waals surface area contributed by atoms with Gasteiger partial charge in [0.1, 0.15) is 5.76 Å². The Morgan fingerprint density at radius 3 is 2.41 bits per heavy atom. The zero-order valence-electron chi connectivity index (χ0n) is 10.5. The Hall–Kier alpha value is -1.83. The highest BCUT2D eigenvalue weighted by molar-refractivity contribution is 5.57. The van der Waals surface area contributed by atoms with Crippen molar-refractivity contribution in [1.82, 2.24) is 0 Å². The Labute approximate surface area is 102 Å². The fourth-order valence-electron chi connectivity index (χ4n) is 1.68. The van der Waals surface area contributed by atoms with E-state index in [1.54, 1.807) is 0 Å². The molecule has 0 aliphatic carbocycles. The van der Waals surface area contributed by atoms with E-state index in [1.165, 1.54) is 0 Å². The first-order chi connectivity index (χ1) is 8.15. The molecule has 0 fully saturated rings. The molecular formula is C15H17NO. The van der Waals surface area contributed by atoms with Crippen LogP contribution in [0.5, 0.6) is 0 Å². The number of rotatable bonds is 2. The molecule has 17 heavy (non-hydrogen) atoms. The van der Waals surface area contributed by atoms with Crippen LogP contribution < -0.4 is 5.55 Å². The fraction of sp³-hybridized carbons (Fsp3) is 0.267. The first-order valence-corrected chi connectivity index (χ1v) is 5.86. The van der Waals surface area contributed by atoms with Crippen LogP contribution in [-0.4, -0.2) is 6.04 Å². The molecule has 0 amide bonds. The molecule has 1 heterocycles. The summed E-state index contributed by atoms with van der Waals surface area (Å²) < 4.78 is 5.79. The second-order valence-electron chi connectivity index (χ2n) is 4.43. The molecular weight excluding hydrogens is 210 g/mol. The number of benzene rings is 1. The van der Waals surface area contributed by atoms with Crippen LogP contribution in [0.1, 0.15) is 19.4 Å². The van der Waals surface area contributed by atoms with Crippen molar-refractivity contribution in [3.05, 3.63) is 53.6 Å². The maximum absolute atomic E-state index is 5.79. The minimum Gasteiger partial charge on any atom is -0.439 e. The topological polar surface area (TPSA) is 25.5 Å². The lowest BCUT2D eigenvalue weighted by atomic mass is 10.1. The van der Waals surface area contributed by atoms with Gasteiger partial charge in [-0.15, -0.1) is 0 Å². The predicted molar refractivity (Wildman–Crippen MR) is 69.6 cm³/mol. The molecule has 0 aliphatic rings. The van der Waals surface area contributed by atoms with Crippen LogP contribution >= 0.6 is 0 Å². The monoisotopic (exact) mass is 227 g/mol. The Balaban J connectivity index is 2.53. The zero-order valence-corrected chi connectivity index (χ0v) is 10.5. The Bertz CT molecular complexity index is 553.